The Bertz CT molecular complexity index is 1240. The third kappa shape index (κ3) is 2.82. The molecule has 2 aromatic carbocycles. The third-order valence-corrected chi connectivity index (χ3v) is 6.40. The van der Waals surface area contributed by atoms with Gasteiger partial charge in [0.25, 0.3) is 5.91 Å². The Labute approximate surface area is 171 Å². The van der Waals surface area contributed by atoms with Gasteiger partial charge in [0.15, 0.2) is 0 Å². The molecule has 3 heterocycles. The van der Waals surface area contributed by atoms with Crippen LogP contribution in [0, 0.1) is 6.92 Å². The number of hydrogen-bond acceptors (Lipinski definition) is 4. The average Bonchev–Trinajstić information content (AvgIpc) is 2.98. The van der Waals surface area contributed by atoms with Crippen molar-refractivity contribution < 1.29 is 4.79 Å². The molecule has 5 rings (SSSR count). The number of thiophene rings is 1. The Hall–Kier alpha value is -2.63. The SMILES string of the molecule is Cc1cc(Cl)cc(-c2ccc3c(ccc4sc5c(c43)NC[C@@H](C)NC5=O)n2)c1. The Morgan fingerprint density at radius 3 is 2.86 bits per heavy atom. The van der Waals surface area contributed by atoms with E-state index in [0.717, 1.165) is 48.4 Å². The molecule has 4 nitrogen and oxygen atoms in total. The largest absolute Gasteiger partial charge is 0.381 e. The Morgan fingerprint density at radius 1 is 1.18 bits per heavy atom. The molecule has 1 amide bonds. The van der Waals surface area contributed by atoms with E-state index in [2.05, 4.69) is 28.8 Å². The van der Waals surface area contributed by atoms with Gasteiger partial charge in [-0.25, -0.2) is 4.98 Å². The molecule has 6 heteroatoms. The van der Waals surface area contributed by atoms with Gasteiger partial charge in [-0.3, -0.25) is 4.79 Å². The minimum absolute atomic E-state index is 0.0131. The summed E-state index contributed by atoms with van der Waals surface area (Å²) in [7, 11) is 0. The molecule has 0 radical (unpaired) electrons. The lowest BCUT2D eigenvalue weighted by Gasteiger charge is -2.10. The molecule has 0 bridgehead atoms. The second-order valence-corrected chi connectivity index (χ2v) is 8.77. The number of pyridine rings is 1. The highest BCUT2D eigenvalue weighted by atomic mass is 35.5. The highest BCUT2D eigenvalue weighted by Crippen LogP contribution is 2.41. The molecule has 0 aliphatic carbocycles. The first-order valence-electron chi connectivity index (χ1n) is 9.18. The maximum Gasteiger partial charge on any atom is 0.263 e. The van der Waals surface area contributed by atoms with Crippen LogP contribution in [0.25, 0.3) is 32.2 Å². The number of carbonyl (C=O) groups is 1. The lowest BCUT2D eigenvalue weighted by Crippen LogP contribution is -2.34. The summed E-state index contributed by atoms with van der Waals surface area (Å²) in [5, 5.41) is 9.32. The molecular weight excluding hydrogens is 390 g/mol. The molecule has 140 valence electrons. The van der Waals surface area contributed by atoms with E-state index in [1.54, 1.807) is 0 Å². The van der Waals surface area contributed by atoms with Gasteiger partial charge in [0.1, 0.15) is 4.88 Å². The maximum atomic E-state index is 12.6. The van der Waals surface area contributed by atoms with Gasteiger partial charge >= 0.3 is 0 Å². The smallest absolute Gasteiger partial charge is 0.263 e. The van der Waals surface area contributed by atoms with E-state index in [4.69, 9.17) is 16.6 Å². The summed E-state index contributed by atoms with van der Waals surface area (Å²) in [5.41, 5.74) is 4.82. The molecule has 0 saturated carbocycles. The van der Waals surface area contributed by atoms with Crippen molar-refractivity contribution in [1.82, 2.24) is 10.3 Å². The van der Waals surface area contributed by atoms with Crippen LogP contribution in [-0.4, -0.2) is 23.5 Å². The van der Waals surface area contributed by atoms with Crippen LogP contribution in [0.3, 0.4) is 0 Å². The van der Waals surface area contributed by atoms with Crippen molar-refractivity contribution in [1.29, 1.82) is 0 Å². The summed E-state index contributed by atoms with van der Waals surface area (Å²) in [5.74, 6) is -0.0131. The molecule has 2 aromatic heterocycles. The van der Waals surface area contributed by atoms with Gasteiger partial charge in [0, 0.05) is 38.6 Å². The first kappa shape index (κ1) is 17.5. The lowest BCUT2D eigenvalue weighted by atomic mass is 10.0. The van der Waals surface area contributed by atoms with E-state index in [1.807, 2.05) is 38.1 Å². The Balaban J connectivity index is 1.72. The first-order chi connectivity index (χ1) is 13.5. The predicted molar refractivity (Wildman–Crippen MR) is 118 cm³/mol. The first-order valence-corrected chi connectivity index (χ1v) is 10.4. The van der Waals surface area contributed by atoms with Gasteiger partial charge in [-0.15, -0.1) is 11.3 Å². The molecule has 0 fully saturated rings. The molecule has 1 aliphatic rings. The molecule has 0 spiro atoms. The van der Waals surface area contributed by atoms with Gasteiger partial charge in [0.2, 0.25) is 0 Å². The van der Waals surface area contributed by atoms with Gasteiger partial charge in [-0.2, -0.15) is 0 Å². The van der Waals surface area contributed by atoms with Crippen LogP contribution in [0.15, 0.2) is 42.5 Å². The van der Waals surface area contributed by atoms with Crippen LogP contribution in [-0.2, 0) is 0 Å². The number of aryl methyl sites for hydroxylation is 1. The zero-order valence-corrected chi connectivity index (χ0v) is 17.0. The van der Waals surface area contributed by atoms with Crippen molar-refractivity contribution in [2.45, 2.75) is 19.9 Å². The van der Waals surface area contributed by atoms with E-state index in [-0.39, 0.29) is 11.9 Å². The van der Waals surface area contributed by atoms with Gasteiger partial charge in [-0.05, 0) is 61.9 Å². The van der Waals surface area contributed by atoms with Crippen LogP contribution in [0.4, 0.5) is 5.69 Å². The monoisotopic (exact) mass is 407 g/mol. The molecule has 28 heavy (non-hydrogen) atoms. The summed E-state index contributed by atoms with van der Waals surface area (Å²) in [6.45, 7) is 4.73. The summed E-state index contributed by atoms with van der Waals surface area (Å²) < 4.78 is 1.09. The van der Waals surface area contributed by atoms with Crippen LogP contribution >= 0.6 is 22.9 Å². The third-order valence-electron chi connectivity index (χ3n) is 5.03. The van der Waals surface area contributed by atoms with Gasteiger partial charge in [0.05, 0.1) is 16.9 Å². The number of hydrogen-bond donors (Lipinski definition) is 2. The minimum Gasteiger partial charge on any atom is -0.381 e. The molecule has 1 atom stereocenters. The highest BCUT2D eigenvalue weighted by molar-refractivity contribution is 7.21. The number of amides is 1. The van der Waals surface area contributed by atoms with Crippen molar-refractivity contribution in [3.63, 3.8) is 0 Å². The molecule has 4 aromatic rings. The van der Waals surface area contributed by atoms with Gasteiger partial charge < -0.3 is 10.6 Å². The Kier molecular flexibility index (Phi) is 4.03. The van der Waals surface area contributed by atoms with Gasteiger partial charge in [-0.1, -0.05) is 11.6 Å². The normalized spacial score (nSPS) is 16.5. The molecular formula is C22H18ClN3OS. The van der Waals surface area contributed by atoms with Crippen LogP contribution in [0.1, 0.15) is 22.2 Å². The predicted octanol–water partition coefficient (Wildman–Crippen LogP) is 5.62. The number of benzene rings is 2. The summed E-state index contributed by atoms with van der Waals surface area (Å²) >= 11 is 7.75. The number of halogens is 1. The minimum atomic E-state index is -0.0131. The lowest BCUT2D eigenvalue weighted by molar-refractivity contribution is 0.0949. The quantitative estimate of drug-likeness (QED) is 0.430. The van der Waals surface area contributed by atoms with Crippen molar-refractivity contribution in [3.05, 3.63) is 57.9 Å². The fraction of sp³-hybridized carbons (Fsp3) is 0.182. The van der Waals surface area contributed by atoms with E-state index in [0.29, 0.717) is 11.6 Å². The Morgan fingerprint density at radius 2 is 2.04 bits per heavy atom. The summed E-state index contributed by atoms with van der Waals surface area (Å²) in [4.78, 5) is 18.2. The fourth-order valence-corrected chi connectivity index (χ4v) is 5.16. The second kappa shape index (κ2) is 6.47. The number of aromatic nitrogens is 1. The number of anilines is 1. The maximum absolute atomic E-state index is 12.6. The number of carbonyl (C=O) groups excluding carboxylic acids is 1. The average molecular weight is 408 g/mol. The van der Waals surface area contributed by atoms with E-state index >= 15 is 0 Å². The van der Waals surface area contributed by atoms with Crippen molar-refractivity contribution in [3.8, 4) is 11.3 Å². The zero-order chi connectivity index (χ0) is 19.4. The van der Waals surface area contributed by atoms with Crippen LogP contribution in [0.2, 0.25) is 5.02 Å². The number of nitrogens with one attached hydrogen (secondary N) is 2. The van der Waals surface area contributed by atoms with Crippen molar-refractivity contribution in [2.24, 2.45) is 0 Å². The summed E-state index contributed by atoms with van der Waals surface area (Å²) in [6, 6.07) is 14.2. The van der Waals surface area contributed by atoms with E-state index in [1.165, 1.54) is 11.3 Å². The number of fused-ring (bicyclic) bond motifs is 5. The topological polar surface area (TPSA) is 54.0 Å². The standard InChI is InChI=1S/C22H18ClN3OS/c1-11-7-13(9-14(23)8-11)16-4-3-15-17(26-16)5-6-18-19(15)20-21(28-18)22(27)25-12(2)10-24-20/h3-9,12,24H,10H2,1-2H3,(H,25,27)/t12-/m1/s1. The number of nitrogens with zero attached hydrogens (tertiary/aromatic N) is 1. The van der Waals surface area contributed by atoms with E-state index in [9.17, 15) is 4.79 Å². The molecule has 1 aliphatic heterocycles. The van der Waals surface area contributed by atoms with Crippen molar-refractivity contribution >= 4 is 55.5 Å². The molecule has 0 saturated heterocycles. The molecule has 0 unspecified atom stereocenters. The number of rotatable bonds is 1. The fourth-order valence-electron chi connectivity index (χ4n) is 3.77. The van der Waals surface area contributed by atoms with Crippen molar-refractivity contribution in [2.75, 3.05) is 11.9 Å². The summed E-state index contributed by atoms with van der Waals surface area (Å²) in [6.07, 6.45) is 0. The highest BCUT2D eigenvalue weighted by Gasteiger charge is 2.24. The van der Waals surface area contributed by atoms with Crippen LogP contribution in [0.5, 0.6) is 0 Å². The second-order valence-electron chi connectivity index (χ2n) is 7.28. The van der Waals surface area contributed by atoms with Crippen LogP contribution < -0.4 is 10.6 Å². The van der Waals surface area contributed by atoms with E-state index < -0.39 is 0 Å². The molecule has 2 N–H and O–H groups in total. The zero-order valence-electron chi connectivity index (χ0n) is 15.5.